The molecule has 1 N–H and O–H groups in total. The smallest absolute Gasteiger partial charge is 0.227 e. The van der Waals surface area contributed by atoms with Crippen LogP contribution in [0.5, 0.6) is 0 Å². The minimum absolute atomic E-state index is 0.00981. The van der Waals surface area contributed by atoms with Crippen molar-refractivity contribution in [1.82, 2.24) is 10.2 Å². The van der Waals surface area contributed by atoms with Crippen molar-refractivity contribution in [1.29, 1.82) is 0 Å². The van der Waals surface area contributed by atoms with Gasteiger partial charge in [-0.1, -0.05) is 6.92 Å². The third-order valence-corrected chi connectivity index (χ3v) is 3.06. The number of carbonyl (C=O) groups is 2. The van der Waals surface area contributed by atoms with Crippen LogP contribution in [-0.4, -0.2) is 36.3 Å². The molecule has 2 fully saturated rings. The van der Waals surface area contributed by atoms with E-state index in [4.69, 9.17) is 0 Å². The van der Waals surface area contributed by atoms with Gasteiger partial charge in [0.25, 0.3) is 0 Å². The van der Waals surface area contributed by atoms with E-state index in [1.165, 1.54) is 0 Å². The van der Waals surface area contributed by atoms with Crippen molar-refractivity contribution in [2.24, 2.45) is 11.8 Å². The third kappa shape index (κ3) is 1.74. The Kier molecular flexibility index (Phi) is 2.44. The van der Waals surface area contributed by atoms with Crippen molar-refractivity contribution in [2.45, 2.75) is 19.8 Å². The van der Waals surface area contributed by atoms with Crippen LogP contribution in [0.3, 0.4) is 0 Å². The normalized spacial score (nSPS) is 32.1. The second kappa shape index (κ2) is 3.59. The first-order valence-electron chi connectivity index (χ1n) is 5.22. The lowest BCUT2D eigenvalue weighted by atomic mass is 10.1. The van der Waals surface area contributed by atoms with Gasteiger partial charge in [0.1, 0.15) is 0 Å². The molecule has 2 amide bonds. The first-order valence-corrected chi connectivity index (χ1v) is 5.22. The molecule has 0 aliphatic carbocycles. The fraction of sp³-hybridized carbons (Fsp3) is 0.800. The summed E-state index contributed by atoms with van der Waals surface area (Å²) in [7, 11) is 0. The zero-order chi connectivity index (χ0) is 10.1. The first kappa shape index (κ1) is 9.49. The third-order valence-electron chi connectivity index (χ3n) is 3.06. The lowest BCUT2D eigenvalue weighted by Gasteiger charge is -2.18. The molecule has 0 saturated carbocycles. The van der Waals surface area contributed by atoms with Crippen molar-refractivity contribution in [3.8, 4) is 0 Å². The van der Waals surface area contributed by atoms with Crippen LogP contribution < -0.4 is 5.32 Å². The predicted octanol–water partition coefficient (Wildman–Crippen LogP) is -0.00910. The van der Waals surface area contributed by atoms with Crippen LogP contribution >= 0.6 is 0 Å². The molecule has 0 aromatic heterocycles. The Balaban J connectivity index is 1.92. The number of hydrogen-bond acceptors (Lipinski definition) is 2. The summed E-state index contributed by atoms with van der Waals surface area (Å²) in [5, 5.41) is 2.70. The maximum atomic E-state index is 11.9. The molecule has 2 rings (SSSR count). The Morgan fingerprint density at radius 3 is 2.86 bits per heavy atom. The second-order valence-electron chi connectivity index (χ2n) is 4.38. The van der Waals surface area contributed by atoms with Gasteiger partial charge in [-0.3, -0.25) is 9.59 Å². The fourth-order valence-corrected chi connectivity index (χ4v) is 2.17. The maximum absolute atomic E-state index is 11.9. The van der Waals surface area contributed by atoms with Crippen molar-refractivity contribution >= 4 is 11.8 Å². The van der Waals surface area contributed by atoms with Crippen LogP contribution in [-0.2, 0) is 9.59 Å². The van der Waals surface area contributed by atoms with Gasteiger partial charge in [-0.25, -0.2) is 0 Å². The summed E-state index contributed by atoms with van der Waals surface area (Å²) in [5.41, 5.74) is 0. The molecule has 0 aromatic rings. The number of rotatable bonds is 1. The lowest BCUT2D eigenvalue weighted by molar-refractivity contribution is -0.134. The molecule has 2 atom stereocenters. The van der Waals surface area contributed by atoms with Gasteiger partial charge in [-0.2, -0.15) is 0 Å². The predicted molar refractivity (Wildman–Crippen MR) is 51.5 cm³/mol. The zero-order valence-corrected chi connectivity index (χ0v) is 8.45. The average Bonchev–Trinajstić information content (AvgIpc) is 2.73. The van der Waals surface area contributed by atoms with E-state index in [9.17, 15) is 9.59 Å². The van der Waals surface area contributed by atoms with Gasteiger partial charge < -0.3 is 10.2 Å². The molecule has 0 bridgehead atoms. The molecule has 2 heterocycles. The van der Waals surface area contributed by atoms with E-state index in [2.05, 4.69) is 12.2 Å². The van der Waals surface area contributed by atoms with Gasteiger partial charge in [0.05, 0.1) is 5.92 Å². The summed E-state index contributed by atoms with van der Waals surface area (Å²) in [6, 6.07) is 0. The minimum atomic E-state index is -0.104. The first-order chi connectivity index (χ1) is 6.66. The Morgan fingerprint density at radius 1 is 1.57 bits per heavy atom. The Labute approximate surface area is 83.6 Å². The SMILES string of the molecule is CC1CCN(C(=O)C2CNC(=O)C2)C1. The van der Waals surface area contributed by atoms with Crippen molar-refractivity contribution < 1.29 is 9.59 Å². The number of carbonyl (C=O) groups excluding carboxylic acids is 2. The fourth-order valence-electron chi connectivity index (χ4n) is 2.17. The average molecular weight is 196 g/mol. The summed E-state index contributed by atoms with van der Waals surface area (Å²) < 4.78 is 0. The van der Waals surface area contributed by atoms with Gasteiger partial charge in [0.15, 0.2) is 0 Å². The number of hydrogen-bond donors (Lipinski definition) is 1. The molecular formula is C10H16N2O2. The largest absolute Gasteiger partial charge is 0.355 e. The number of nitrogens with zero attached hydrogens (tertiary/aromatic N) is 1. The Hall–Kier alpha value is -1.06. The second-order valence-corrected chi connectivity index (χ2v) is 4.38. The molecule has 2 aliphatic heterocycles. The molecule has 0 radical (unpaired) electrons. The van der Waals surface area contributed by atoms with Gasteiger partial charge in [-0.05, 0) is 12.3 Å². The Morgan fingerprint density at radius 2 is 2.36 bits per heavy atom. The molecule has 14 heavy (non-hydrogen) atoms. The number of amides is 2. The molecule has 78 valence electrons. The summed E-state index contributed by atoms with van der Waals surface area (Å²) in [4.78, 5) is 24.7. The molecule has 4 nitrogen and oxygen atoms in total. The van der Waals surface area contributed by atoms with Crippen LogP contribution in [0.15, 0.2) is 0 Å². The van der Waals surface area contributed by atoms with E-state index < -0.39 is 0 Å². The van der Waals surface area contributed by atoms with Gasteiger partial charge in [0.2, 0.25) is 11.8 Å². The van der Waals surface area contributed by atoms with Gasteiger partial charge in [0, 0.05) is 26.1 Å². The number of likely N-dealkylation sites (tertiary alicyclic amines) is 1. The molecule has 0 spiro atoms. The molecule has 2 aliphatic rings. The Bertz CT molecular complexity index is 265. The summed E-state index contributed by atoms with van der Waals surface area (Å²) in [6.45, 7) is 4.42. The van der Waals surface area contributed by atoms with Crippen LogP contribution in [0.4, 0.5) is 0 Å². The highest BCUT2D eigenvalue weighted by molar-refractivity contribution is 5.89. The minimum Gasteiger partial charge on any atom is -0.355 e. The van der Waals surface area contributed by atoms with E-state index >= 15 is 0 Å². The van der Waals surface area contributed by atoms with Crippen LogP contribution in [0.2, 0.25) is 0 Å². The lowest BCUT2D eigenvalue weighted by Crippen LogP contribution is -2.35. The van der Waals surface area contributed by atoms with Crippen LogP contribution in [0.25, 0.3) is 0 Å². The maximum Gasteiger partial charge on any atom is 0.227 e. The summed E-state index contributed by atoms with van der Waals surface area (Å²) in [5.74, 6) is 0.681. The summed E-state index contributed by atoms with van der Waals surface area (Å²) >= 11 is 0. The zero-order valence-electron chi connectivity index (χ0n) is 8.45. The van der Waals surface area contributed by atoms with Crippen LogP contribution in [0.1, 0.15) is 19.8 Å². The molecule has 2 unspecified atom stereocenters. The van der Waals surface area contributed by atoms with E-state index in [0.717, 1.165) is 19.5 Å². The number of nitrogens with one attached hydrogen (secondary N) is 1. The van der Waals surface area contributed by atoms with Crippen molar-refractivity contribution in [3.63, 3.8) is 0 Å². The van der Waals surface area contributed by atoms with E-state index in [0.29, 0.717) is 18.9 Å². The van der Waals surface area contributed by atoms with E-state index in [1.54, 1.807) is 0 Å². The van der Waals surface area contributed by atoms with Crippen LogP contribution in [0, 0.1) is 11.8 Å². The van der Waals surface area contributed by atoms with Crippen molar-refractivity contribution in [2.75, 3.05) is 19.6 Å². The quantitative estimate of drug-likeness (QED) is 0.641. The molecule has 4 heteroatoms. The molecule has 2 saturated heterocycles. The highest BCUT2D eigenvalue weighted by atomic mass is 16.2. The van der Waals surface area contributed by atoms with Crippen molar-refractivity contribution in [3.05, 3.63) is 0 Å². The summed E-state index contributed by atoms with van der Waals surface area (Å²) in [6.07, 6.45) is 1.48. The highest BCUT2D eigenvalue weighted by Gasteiger charge is 2.33. The molecule has 0 aromatic carbocycles. The highest BCUT2D eigenvalue weighted by Crippen LogP contribution is 2.20. The van der Waals surface area contributed by atoms with Gasteiger partial charge in [-0.15, -0.1) is 0 Å². The van der Waals surface area contributed by atoms with E-state index in [-0.39, 0.29) is 17.7 Å². The monoisotopic (exact) mass is 196 g/mol. The van der Waals surface area contributed by atoms with E-state index in [1.807, 2.05) is 4.90 Å². The molecular weight excluding hydrogens is 180 g/mol. The topological polar surface area (TPSA) is 49.4 Å². The standard InChI is InChI=1S/C10H16N2O2/c1-7-2-3-12(6-7)10(14)8-4-9(13)11-5-8/h7-8H,2-6H2,1H3,(H,11,13). The van der Waals surface area contributed by atoms with Gasteiger partial charge >= 0.3 is 0 Å².